The molecular weight excluding hydrogens is 366 g/mol. The van der Waals surface area contributed by atoms with E-state index in [9.17, 15) is 9.59 Å². The van der Waals surface area contributed by atoms with Crippen LogP contribution in [0.3, 0.4) is 0 Å². The van der Waals surface area contributed by atoms with Crippen LogP contribution in [0, 0.1) is 0 Å². The minimum Gasteiger partial charge on any atom is -0.324 e. The lowest BCUT2D eigenvalue weighted by Crippen LogP contribution is -2.45. The van der Waals surface area contributed by atoms with Gasteiger partial charge in [-0.15, -0.1) is 0 Å². The summed E-state index contributed by atoms with van der Waals surface area (Å²) >= 11 is 0. The summed E-state index contributed by atoms with van der Waals surface area (Å²) in [7, 11) is 0. The molecule has 0 fully saturated rings. The molecule has 2 aromatic carbocycles. The quantitative estimate of drug-likeness (QED) is 0.719. The number of hydrogen-bond donors (Lipinski definition) is 2. The number of rotatable bonds is 4. The lowest BCUT2D eigenvalue weighted by atomic mass is 10.0. The largest absolute Gasteiger partial charge is 0.324 e. The van der Waals surface area contributed by atoms with E-state index in [1.54, 1.807) is 30.6 Å². The molecule has 0 radical (unpaired) electrons. The minimum atomic E-state index is -1.11. The Morgan fingerprint density at radius 1 is 1.00 bits per heavy atom. The lowest BCUT2D eigenvalue weighted by Gasteiger charge is -2.23. The SMILES string of the molecule is NC1N=C(c2ccccc2)c2ccccc2N(CC(=O)Nc2ccncc2)C1=O. The highest BCUT2D eigenvalue weighted by Gasteiger charge is 2.31. The predicted molar refractivity (Wildman–Crippen MR) is 112 cm³/mol. The van der Waals surface area contributed by atoms with E-state index in [0.29, 0.717) is 17.1 Å². The molecule has 1 aliphatic heterocycles. The molecular formula is C22H19N5O2. The molecule has 0 bridgehead atoms. The highest BCUT2D eigenvalue weighted by atomic mass is 16.2. The van der Waals surface area contributed by atoms with Crippen molar-refractivity contribution in [2.24, 2.45) is 10.7 Å². The predicted octanol–water partition coefficient (Wildman–Crippen LogP) is 2.19. The first-order valence-corrected chi connectivity index (χ1v) is 9.13. The van der Waals surface area contributed by atoms with Gasteiger partial charge in [0.15, 0.2) is 6.17 Å². The van der Waals surface area contributed by atoms with Gasteiger partial charge in [-0.1, -0.05) is 48.5 Å². The van der Waals surface area contributed by atoms with Crippen molar-refractivity contribution >= 4 is 28.9 Å². The molecule has 0 saturated carbocycles. The van der Waals surface area contributed by atoms with Crippen molar-refractivity contribution in [3.05, 3.63) is 90.3 Å². The van der Waals surface area contributed by atoms with Crippen LogP contribution in [0.2, 0.25) is 0 Å². The van der Waals surface area contributed by atoms with Crippen LogP contribution >= 0.6 is 0 Å². The van der Waals surface area contributed by atoms with E-state index in [-0.39, 0.29) is 12.5 Å². The number of carbonyl (C=O) groups excluding carboxylic acids is 2. The first-order chi connectivity index (χ1) is 14.1. The molecule has 2 heterocycles. The first-order valence-electron chi connectivity index (χ1n) is 9.13. The zero-order valence-corrected chi connectivity index (χ0v) is 15.5. The molecule has 144 valence electrons. The van der Waals surface area contributed by atoms with E-state index in [0.717, 1.165) is 11.1 Å². The second-order valence-corrected chi connectivity index (χ2v) is 6.51. The molecule has 1 atom stereocenters. The van der Waals surface area contributed by atoms with Gasteiger partial charge in [0.05, 0.1) is 11.4 Å². The average molecular weight is 385 g/mol. The average Bonchev–Trinajstić information content (AvgIpc) is 2.86. The third-order valence-corrected chi connectivity index (χ3v) is 4.55. The summed E-state index contributed by atoms with van der Waals surface area (Å²) in [5, 5.41) is 2.77. The zero-order chi connectivity index (χ0) is 20.2. The van der Waals surface area contributed by atoms with E-state index in [1.165, 1.54) is 4.90 Å². The number of fused-ring (bicyclic) bond motifs is 1. The van der Waals surface area contributed by atoms with Crippen molar-refractivity contribution in [1.82, 2.24) is 4.98 Å². The maximum absolute atomic E-state index is 13.0. The highest BCUT2D eigenvalue weighted by Crippen LogP contribution is 2.27. The van der Waals surface area contributed by atoms with Gasteiger partial charge in [0, 0.05) is 29.2 Å². The maximum atomic E-state index is 13.0. The summed E-state index contributed by atoms with van der Waals surface area (Å²) in [6.07, 6.45) is 2.06. The van der Waals surface area contributed by atoms with Crippen molar-refractivity contribution in [2.45, 2.75) is 6.17 Å². The Morgan fingerprint density at radius 3 is 2.45 bits per heavy atom. The van der Waals surface area contributed by atoms with Gasteiger partial charge in [-0.25, -0.2) is 0 Å². The van der Waals surface area contributed by atoms with Crippen molar-refractivity contribution in [3.63, 3.8) is 0 Å². The van der Waals surface area contributed by atoms with Gasteiger partial charge >= 0.3 is 0 Å². The number of pyridine rings is 1. The molecule has 4 rings (SSSR count). The molecule has 0 spiro atoms. The van der Waals surface area contributed by atoms with E-state index < -0.39 is 12.1 Å². The molecule has 1 unspecified atom stereocenters. The first kappa shape index (κ1) is 18.5. The number of carbonyl (C=O) groups is 2. The number of benzodiazepines with no additional fused rings is 1. The smallest absolute Gasteiger partial charge is 0.266 e. The van der Waals surface area contributed by atoms with Crippen molar-refractivity contribution < 1.29 is 9.59 Å². The zero-order valence-electron chi connectivity index (χ0n) is 15.5. The van der Waals surface area contributed by atoms with Gasteiger partial charge in [0.25, 0.3) is 5.91 Å². The Bertz CT molecular complexity index is 1070. The maximum Gasteiger partial charge on any atom is 0.266 e. The van der Waals surface area contributed by atoms with E-state index in [1.807, 2.05) is 48.5 Å². The van der Waals surface area contributed by atoms with Gasteiger partial charge < -0.3 is 11.1 Å². The summed E-state index contributed by atoms with van der Waals surface area (Å²) < 4.78 is 0. The molecule has 3 N–H and O–H groups in total. The fourth-order valence-corrected chi connectivity index (χ4v) is 3.22. The van der Waals surface area contributed by atoms with Crippen LogP contribution in [0.5, 0.6) is 0 Å². The Hall–Kier alpha value is -3.84. The number of nitrogens with two attached hydrogens (primary N) is 1. The topological polar surface area (TPSA) is 101 Å². The number of aliphatic imine (C=N–C) groups is 1. The Balaban J connectivity index is 1.69. The third kappa shape index (κ3) is 3.90. The monoisotopic (exact) mass is 385 g/mol. The van der Waals surface area contributed by atoms with Gasteiger partial charge in [-0.2, -0.15) is 0 Å². The Kier molecular flexibility index (Phi) is 5.13. The third-order valence-electron chi connectivity index (χ3n) is 4.55. The number of nitrogens with one attached hydrogen (secondary N) is 1. The number of benzene rings is 2. The highest BCUT2D eigenvalue weighted by molar-refractivity contribution is 6.20. The number of amides is 2. The number of anilines is 2. The van der Waals surface area contributed by atoms with Crippen LogP contribution < -0.4 is 16.0 Å². The number of aromatic nitrogens is 1. The summed E-state index contributed by atoms with van der Waals surface area (Å²) in [4.78, 5) is 35.4. The Morgan fingerprint density at radius 2 is 1.69 bits per heavy atom. The van der Waals surface area contributed by atoms with Crippen LogP contribution in [0.15, 0.2) is 84.1 Å². The summed E-state index contributed by atoms with van der Waals surface area (Å²) in [6.45, 7) is -0.177. The fourth-order valence-electron chi connectivity index (χ4n) is 3.22. The molecule has 1 aromatic heterocycles. The van der Waals surface area contributed by atoms with E-state index >= 15 is 0 Å². The van der Waals surface area contributed by atoms with Crippen LogP contribution in [0.25, 0.3) is 0 Å². The van der Waals surface area contributed by atoms with Crippen molar-refractivity contribution in [2.75, 3.05) is 16.8 Å². The van der Waals surface area contributed by atoms with Crippen molar-refractivity contribution in [3.8, 4) is 0 Å². The van der Waals surface area contributed by atoms with Gasteiger partial charge in [-0.3, -0.25) is 24.5 Å². The second kappa shape index (κ2) is 8.04. The Labute approximate surface area is 167 Å². The van der Waals surface area contributed by atoms with Crippen LogP contribution in [0.1, 0.15) is 11.1 Å². The molecule has 0 aliphatic carbocycles. The van der Waals surface area contributed by atoms with E-state index in [2.05, 4.69) is 15.3 Å². The lowest BCUT2D eigenvalue weighted by molar-refractivity contribution is -0.122. The number of hydrogen-bond acceptors (Lipinski definition) is 5. The molecule has 1 aliphatic rings. The minimum absolute atomic E-state index is 0.177. The summed E-state index contributed by atoms with van der Waals surface area (Å²) in [6, 6.07) is 20.3. The number of para-hydroxylation sites is 1. The van der Waals surface area contributed by atoms with E-state index in [4.69, 9.17) is 5.73 Å². The van der Waals surface area contributed by atoms with Crippen LogP contribution in [-0.2, 0) is 9.59 Å². The standard InChI is InChI=1S/C22H19N5O2/c23-21-22(29)27(14-19(28)25-16-10-12-24-13-11-16)18-9-5-4-8-17(18)20(26-21)15-6-2-1-3-7-15/h1-13,21H,14,23H2,(H,24,25,28). The van der Waals surface area contributed by atoms with Gasteiger partial charge in [0.1, 0.15) is 6.54 Å². The molecule has 29 heavy (non-hydrogen) atoms. The molecule has 2 amide bonds. The molecule has 0 saturated heterocycles. The second-order valence-electron chi connectivity index (χ2n) is 6.51. The van der Waals surface area contributed by atoms with Gasteiger partial charge in [0.2, 0.25) is 5.91 Å². The summed E-state index contributed by atoms with van der Waals surface area (Å²) in [5.74, 6) is -0.775. The summed E-state index contributed by atoms with van der Waals surface area (Å²) in [5.41, 5.74) is 9.51. The fraction of sp³-hybridized carbons (Fsp3) is 0.0909. The van der Waals surface area contributed by atoms with Crippen LogP contribution in [0.4, 0.5) is 11.4 Å². The van der Waals surface area contributed by atoms with Crippen LogP contribution in [-0.4, -0.2) is 35.2 Å². The normalized spacial score (nSPS) is 15.9. The molecule has 7 nitrogen and oxygen atoms in total. The number of nitrogens with zero attached hydrogens (tertiary/aromatic N) is 3. The van der Waals surface area contributed by atoms with Gasteiger partial charge in [-0.05, 0) is 18.2 Å². The molecule has 7 heteroatoms. The van der Waals surface area contributed by atoms with Crippen molar-refractivity contribution in [1.29, 1.82) is 0 Å². The molecule has 3 aromatic rings.